The van der Waals surface area contributed by atoms with Gasteiger partial charge in [-0.1, -0.05) is 156 Å². The van der Waals surface area contributed by atoms with Crippen molar-refractivity contribution >= 4 is 32.8 Å². The van der Waals surface area contributed by atoms with Gasteiger partial charge in [-0.3, -0.25) is 4.57 Å². The number of aromatic nitrogens is 4. The van der Waals surface area contributed by atoms with Gasteiger partial charge < -0.3 is 13.9 Å². The summed E-state index contributed by atoms with van der Waals surface area (Å²) in [6.07, 6.45) is 5.72. The van der Waals surface area contributed by atoms with Crippen LogP contribution in [-0.2, 0) is 31.9 Å². The summed E-state index contributed by atoms with van der Waals surface area (Å²) in [4.78, 5) is 4.86. The molecule has 0 radical (unpaired) electrons. The first kappa shape index (κ1) is 40.8. The van der Waals surface area contributed by atoms with E-state index >= 15 is 0 Å². The fraction of sp³-hybridized carbons (Fsp3) is 0.143. The molecular weight excluding hydrogens is 940 g/mol. The zero-order valence-corrected chi connectivity index (χ0v) is 38.0. The van der Waals surface area contributed by atoms with Crippen molar-refractivity contribution in [2.24, 2.45) is 0 Å². The number of rotatable bonds is 7. The van der Waals surface area contributed by atoms with Gasteiger partial charge in [-0.2, -0.15) is 18.2 Å². The molecule has 6 heteroatoms. The van der Waals surface area contributed by atoms with E-state index in [-0.39, 0.29) is 31.9 Å². The first-order chi connectivity index (χ1) is 29.5. The van der Waals surface area contributed by atoms with Crippen LogP contribution in [0.25, 0.3) is 72.3 Å². The van der Waals surface area contributed by atoms with Crippen LogP contribution in [0.1, 0.15) is 52.7 Å². The van der Waals surface area contributed by atoms with Crippen molar-refractivity contribution in [2.45, 2.75) is 52.4 Å². The average molecular weight is 986 g/mol. The number of pyridine rings is 1. The Bertz CT molecular complexity index is 3180. The molecule has 0 aliphatic rings. The fourth-order valence-electron chi connectivity index (χ4n) is 8.33. The quantitative estimate of drug-likeness (QED) is 0.118. The number of benzene rings is 7. The Balaban J connectivity index is 0.00000490. The largest absolute Gasteiger partial charge is 0.510 e. The van der Waals surface area contributed by atoms with Gasteiger partial charge in [0.05, 0.1) is 16.7 Å². The second-order valence-electron chi connectivity index (χ2n) is 17.8. The SMILES string of the molecule is CC(C)(C)c1ccnc(-n2c3[c-]c(Oc4[c-]c(-n5[c-][n+](-c6c(-c7ccccc7)cccc6-c6ccccc6)c6ccc(C(C)(C)C)cc65)ccc4)ccc3c3ccccc32)c1.[Pt]. The summed E-state index contributed by atoms with van der Waals surface area (Å²) >= 11 is 0. The van der Waals surface area contributed by atoms with Crippen molar-refractivity contribution in [1.82, 2.24) is 14.1 Å². The van der Waals surface area contributed by atoms with E-state index in [2.05, 4.69) is 219 Å². The molecule has 5 nitrogen and oxygen atoms in total. The molecule has 308 valence electrons. The number of nitrogens with zero attached hydrogens (tertiary/aromatic N) is 4. The Kier molecular flexibility index (Phi) is 10.6. The number of para-hydroxylation sites is 2. The molecule has 62 heavy (non-hydrogen) atoms. The summed E-state index contributed by atoms with van der Waals surface area (Å²) in [5, 5.41) is 2.22. The first-order valence-corrected chi connectivity index (χ1v) is 20.9. The molecule has 0 spiro atoms. The second-order valence-corrected chi connectivity index (χ2v) is 17.8. The molecule has 10 aromatic rings. The maximum absolute atomic E-state index is 6.67. The van der Waals surface area contributed by atoms with E-state index in [1.807, 2.05) is 24.4 Å². The zero-order chi connectivity index (χ0) is 41.9. The minimum absolute atomic E-state index is 0. The van der Waals surface area contributed by atoms with Crippen LogP contribution in [0.5, 0.6) is 11.5 Å². The third-order valence-electron chi connectivity index (χ3n) is 11.6. The van der Waals surface area contributed by atoms with Gasteiger partial charge in [0.25, 0.3) is 6.33 Å². The van der Waals surface area contributed by atoms with Crippen LogP contribution in [0.15, 0.2) is 170 Å². The Morgan fingerprint density at radius 1 is 0.548 bits per heavy atom. The summed E-state index contributed by atoms with van der Waals surface area (Å²) in [6.45, 7) is 13.4. The summed E-state index contributed by atoms with van der Waals surface area (Å²) in [5.74, 6) is 2.02. The summed E-state index contributed by atoms with van der Waals surface area (Å²) in [7, 11) is 0. The number of fused-ring (bicyclic) bond motifs is 4. The average Bonchev–Trinajstić information content (AvgIpc) is 3.82. The van der Waals surface area contributed by atoms with E-state index in [4.69, 9.17) is 9.72 Å². The van der Waals surface area contributed by atoms with Crippen molar-refractivity contribution in [1.29, 1.82) is 0 Å². The van der Waals surface area contributed by atoms with E-state index in [9.17, 15) is 0 Å². The number of hydrogen-bond acceptors (Lipinski definition) is 2. The van der Waals surface area contributed by atoms with Gasteiger partial charge >= 0.3 is 0 Å². The molecule has 0 fully saturated rings. The van der Waals surface area contributed by atoms with Gasteiger partial charge in [-0.05, 0) is 79.5 Å². The summed E-state index contributed by atoms with van der Waals surface area (Å²) < 4.78 is 13.2. The molecule has 0 saturated heterocycles. The van der Waals surface area contributed by atoms with Gasteiger partial charge in [0.2, 0.25) is 0 Å². The number of imidazole rings is 1. The molecule has 0 unspecified atom stereocenters. The van der Waals surface area contributed by atoms with E-state index < -0.39 is 0 Å². The van der Waals surface area contributed by atoms with Crippen molar-refractivity contribution < 1.29 is 30.4 Å². The predicted molar refractivity (Wildman–Crippen MR) is 248 cm³/mol. The summed E-state index contributed by atoms with van der Waals surface area (Å²) in [6, 6.07) is 64.6. The van der Waals surface area contributed by atoms with Crippen LogP contribution >= 0.6 is 0 Å². The Morgan fingerprint density at radius 3 is 1.87 bits per heavy atom. The minimum atomic E-state index is -0.0690. The minimum Gasteiger partial charge on any atom is -0.510 e. The topological polar surface area (TPSA) is 35.9 Å². The molecule has 3 aromatic heterocycles. The smallest absolute Gasteiger partial charge is 0.268 e. The molecule has 0 atom stereocenters. The van der Waals surface area contributed by atoms with Crippen LogP contribution in [-0.4, -0.2) is 14.1 Å². The monoisotopic (exact) mass is 985 g/mol. The van der Waals surface area contributed by atoms with Crippen molar-refractivity contribution in [3.05, 3.63) is 200 Å². The van der Waals surface area contributed by atoms with E-state index in [1.54, 1.807) is 0 Å². The molecule has 0 aliphatic carbocycles. The molecule has 0 aliphatic heterocycles. The number of ether oxygens (including phenoxy) is 1. The van der Waals surface area contributed by atoms with Crippen LogP contribution in [0.2, 0.25) is 0 Å². The van der Waals surface area contributed by atoms with Gasteiger partial charge in [-0.15, -0.1) is 29.7 Å². The fourth-order valence-corrected chi connectivity index (χ4v) is 8.33. The van der Waals surface area contributed by atoms with Crippen molar-refractivity contribution in [2.75, 3.05) is 0 Å². The van der Waals surface area contributed by atoms with Gasteiger partial charge in [0.1, 0.15) is 5.82 Å². The first-order valence-electron chi connectivity index (χ1n) is 20.9. The molecule has 0 N–H and O–H groups in total. The van der Waals surface area contributed by atoms with Crippen LogP contribution in [0, 0.1) is 18.5 Å². The second kappa shape index (κ2) is 16.0. The van der Waals surface area contributed by atoms with E-state index in [0.29, 0.717) is 11.5 Å². The molecule has 0 amide bonds. The van der Waals surface area contributed by atoms with Crippen LogP contribution in [0.4, 0.5) is 0 Å². The van der Waals surface area contributed by atoms with Gasteiger partial charge in [-0.25, -0.2) is 4.98 Å². The predicted octanol–water partition coefficient (Wildman–Crippen LogP) is 13.5. The van der Waals surface area contributed by atoms with E-state index in [1.165, 1.54) is 11.1 Å². The van der Waals surface area contributed by atoms with Crippen LogP contribution in [0.3, 0.4) is 0 Å². The van der Waals surface area contributed by atoms with Crippen molar-refractivity contribution in [3.63, 3.8) is 0 Å². The Morgan fingerprint density at radius 2 is 1.18 bits per heavy atom. The normalized spacial score (nSPS) is 11.9. The molecule has 3 heterocycles. The molecule has 10 rings (SSSR count). The maximum Gasteiger partial charge on any atom is 0.268 e. The van der Waals surface area contributed by atoms with Crippen LogP contribution < -0.4 is 9.30 Å². The zero-order valence-electron chi connectivity index (χ0n) is 35.7. The molecule has 0 saturated carbocycles. The number of hydrogen-bond donors (Lipinski definition) is 0. The third-order valence-corrected chi connectivity index (χ3v) is 11.6. The van der Waals surface area contributed by atoms with E-state index in [0.717, 1.165) is 72.3 Å². The molecule has 7 aromatic carbocycles. The molecule has 0 bridgehead atoms. The third kappa shape index (κ3) is 7.45. The Labute approximate surface area is 378 Å². The molecular formula is C56H46N4OPt-2. The summed E-state index contributed by atoms with van der Waals surface area (Å²) in [5.41, 5.74) is 12.7. The standard InChI is InChI=1S/C56H46N4O.Pt/c1-55(2,3)40-27-30-50-52(33-40)58(37-59(50)54-45(38-17-9-7-10-18-38)24-16-25-46(54)39-19-11-8-12-20-39)42-21-15-22-43(35-42)61-44-28-29-48-47-23-13-14-26-49(47)60(51(48)36-44)53-34-41(31-32-57-53)56(4,5)6;/h7-34H,1-6H3;/q-2;. The maximum atomic E-state index is 6.67. The Hall–Kier alpha value is -6.55. The van der Waals surface area contributed by atoms with Gasteiger partial charge in [0.15, 0.2) is 0 Å². The van der Waals surface area contributed by atoms with Crippen molar-refractivity contribution in [3.8, 4) is 50.9 Å². The van der Waals surface area contributed by atoms with Gasteiger partial charge in [0, 0.05) is 44.3 Å².